The Labute approximate surface area is 216 Å². The number of aromatic nitrogens is 2. The number of ether oxygens (including phenoxy) is 2. The molecule has 0 saturated carbocycles. The van der Waals surface area contributed by atoms with E-state index in [2.05, 4.69) is 53.3 Å². The van der Waals surface area contributed by atoms with Gasteiger partial charge in [-0.3, -0.25) is 0 Å². The molecule has 5 heteroatoms. The van der Waals surface area contributed by atoms with Crippen molar-refractivity contribution in [1.82, 2.24) is 9.97 Å². The molecule has 2 aromatic carbocycles. The van der Waals surface area contributed by atoms with Crippen LogP contribution in [-0.2, 0) is 11.2 Å². The summed E-state index contributed by atoms with van der Waals surface area (Å²) in [4.78, 5) is 9.18. The third-order valence-electron chi connectivity index (χ3n) is 6.28. The normalized spacial score (nSPS) is 12.9. The first kappa shape index (κ1) is 27.8. The number of rotatable bonds is 16. The van der Waals surface area contributed by atoms with Gasteiger partial charge in [0.25, 0.3) is 0 Å². The van der Waals surface area contributed by atoms with Gasteiger partial charge in [-0.2, -0.15) is 0 Å². The van der Waals surface area contributed by atoms with Gasteiger partial charge in [0.15, 0.2) is 5.82 Å². The van der Waals surface area contributed by atoms with Crippen molar-refractivity contribution in [3.05, 3.63) is 66.5 Å². The smallest absolute Gasteiger partial charge is 0.159 e. The average Bonchev–Trinajstić information content (AvgIpc) is 2.92. The topological polar surface area (TPSA) is 44.2 Å². The van der Waals surface area contributed by atoms with Crippen molar-refractivity contribution >= 4 is 0 Å². The zero-order valence-corrected chi connectivity index (χ0v) is 22.1. The molecule has 0 N–H and O–H groups in total. The average molecular weight is 493 g/mol. The largest absolute Gasteiger partial charge is 0.493 e. The van der Waals surface area contributed by atoms with E-state index >= 15 is 0 Å². The number of hydrogen-bond donors (Lipinski definition) is 0. The molecule has 0 fully saturated rings. The molecular formula is C31H41FN2O2. The second-order valence-electron chi connectivity index (χ2n) is 9.64. The Hall–Kier alpha value is -2.79. The van der Waals surface area contributed by atoms with Crippen molar-refractivity contribution in [3.63, 3.8) is 0 Å². The van der Waals surface area contributed by atoms with Crippen LogP contribution in [0.1, 0.15) is 64.9 Å². The highest BCUT2D eigenvalue weighted by molar-refractivity contribution is 5.68. The molecular weight excluding hydrogens is 451 g/mol. The molecule has 0 amide bonds. The quantitative estimate of drug-likeness (QED) is 0.189. The number of halogens is 1. The van der Waals surface area contributed by atoms with Gasteiger partial charge in [-0.25, -0.2) is 14.4 Å². The minimum absolute atomic E-state index is 0.158. The Bertz CT molecular complexity index is 991. The summed E-state index contributed by atoms with van der Waals surface area (Å²) in [6, 6.07) is 16.4. The third kappa shape index (κ3) is 9.34. The molecule has 2 atom stereocenters. The summed E-state index contributed by atoms with van der Waals surface area (Å²) in [5.41, 5.74) is 4.48. The SMILES string of the molecule is CCCCCCCc1cnc(-c2ccc(-c3ccc(OCC(C)COC[C@H](F)CC)cc3)cc2)nc1. The minimum atomic E-state index is -0.886. The second kappa shape index (κ2) is 15.4. The maximum absolute atomic E-state index is 13.2. The molecule has 1 heterocycles. The summed E-state index contributed by atoms with van der Waals surface area (Å²) in [7, 11) is 0. The van der Waals surface area contributed by atoms with E-state index in [1.54, 1.807) is 0 Å². The molecule has 3 rings (SSSR count). The highest BCUT2D eigenvalue weighted by Crippen LogP contribution is 2.25. The number of hydrogen-bond acceptors (Lipinski definition) is 4. The zero-order valence-electron chi connectivity index (χ0n) is 22.1. The number of benzene rings is 2. The fourth-order valence-corrected chi connectivity index (χ4v) is 3.92. The van der Waals surface area contributed by atoms with Crippen molar-refractivity contribution in [2.45, 2.75) is 71.9 Å². The van der Waals surface area contributed by atoms with Gasteiger partial charge in [-0.15, -0.1) is 0 Å². The number of unbranched alkanes of at least 4 members (excludes halogenated alkanes) is 4. The fraction of sp³-hybridized carbons (Fsp3) is 0.484. The number of nitrogens with zero attached hydrogens (tertiary/aromatic N) is 2. The summed E-state index contributed by atoms with van der Waals surface area (Å²) in [6.07, 6.45) is 11.0. The van der Waals surface area contributed by atoms with Crippen LogP contribution in [-0.4, -0.2) is 36.0 Å². The van der Waals surface area contributed by atoms with Crippen molar-refractivity contribution in [3.8, 4) is 28.3 Å². The van der Waals surface area contributed by atoms with Crippen LogP contribution >= 0.6 is 0 Å². The number of aryl methyl sites for hydroxylation is 1. The van der Waals surface area contributed by atoms with Gasteiger partial charge in [0, 0.05) is 23.9 Å². The van der Waals surface area contributed by atoms with E-state index in [-0.39, 0.29) is 12.5 Å². The monoisotopic (exact) mass is 492 g/mol. The van der Waals surface area contributed by atoms with Gasteiger partial charge in [-0.1, -0.05) is 82.9 Å². The molecule has 0 aliphatic rings. The minimum Gasteiger partial charge on any atom is -0.493 e. The summed E-state index contributed by atoms with van der Waals surface area (Å²) in [5, 5.41) is 0. The predicted molar refractivity (Wildman–Crippen MR) is 146 cm³/mol. The number of alkyl halides is 1. The van der Waals surface area contributed by atoms with Gasteiger partial charge >= 0.3 is 0 Å². The van der Waals surface area contributed by atoms with E-state index in [1.807, 2.05) is 38.4 Å². The maximum atomic E-state index is 13.2. The highest BCUT2D eigenvalue weighted by atomic mass is 19.1. The Balaban J connectivity index is 1.47. The van der Waals surface area contributed by atoms with Crippen LogP contribution in [0.15, 0.2) is 60.9 Å². The first-order chi connectivity index (χ1) is 17.6. The van der Waals surface area contributed by atoms with Crippen LogP contribution in [0.25, 0.3) is 22.5 Å². The summed E-state index contributed by atoms with van der Waals surface area (Å²) in [6.45, 7) is 7.30. The van der Waals surface area contributed by atoms with E-state index in [1.165, 1.54) is 37.7 Å². The molecule has 1 aromatic heterocycles. The molecule has 36 heavy (non-hydrogen) atoms. The highest BCUT2D eigenvalue weighted by Gasteiger charge is 2.08. The first-order valence-electron chi connectivity index (χ1n) is 13.5. The summed E-state index contributed by atoms with van der Waals surface area (Å²) in [5.74, 6) is 1.77. The molecule has 0 aliphatic carbocycles. The predicted octanol–water partition coefficient (Wildman–Crippen LogP) is 8.10. The zero-order chi connectivity index (χ0) is 25.6. The van der Waals surface area contributed by atoms with E-state index < -0.39 is 6.17 Å². The molecule has 0 bridgehead atoms. The Morgan fingerprint density at radius 3 is 2.00 bits per heavy atom. The molecule has 194 valence electrons. The Morgan fingerprint density at radius 1 is 0.750 bits per heavy atom. The lowest BCUT2D eigenvalue weighted by molar-refractivity contribution is 0.0479. The maximum Gasteiger partial charge on any atom is 0.159 e. The molecule has 1 unspecified atom stereocenters. The van der Waals surface area contributed by atoms with Gasteiger partial charge in [-0.05, 0) is 48.1 Å². The van der Waals surface area contributed by atoms with E-state index in [0.717, 1.165) is 34.7 Å². The van der Waals surface area contributed by atoms with Crippen molar-refractivity contribution in [1.29, 1.82) is 0 Å². The standard InChI is InChI=1S/C31H41FN2O2/c1-4-6-7-8-9-10-25-19-33-31(34-20-25)28-13-11-26(12-14-28)27-15-17-30(18-16-27)36-22-24(3)21-35-23-29(32)5-2/h11-20,24,29H,4-10,21-23H2,1-3H3/t24?,29-/m1/s1. The molecule has 4 nitrogen and oxygen atoms in total. The Morgan fingerprint density at radius 2 is 1.36 bits per heavy atom. The van der Waals surface area contributed by atoms with E-state index in [9.17, 15) is 4.39 Å². The Kier molecular flexibility index (Phi) is 11.9. The molecule has 0 saturated heterocycles. The second-order valence-corrected chi connectivity index (χ2v) is 9.64. The summed E-state index contributed by atoms with van der Waals surface area (Å²) < 4.78 is 24.5. The molecule has 0 radical (unpaired) electrons. The lowest BCUT2D eigenvalue weighted by atomic mass is 10.0. The lowest BCUT2D eigenvalue weighted by Crippen LogP contribution is -2.18. The molecule has 0 aliphatic heterocycles. The molecule has 0 spiro atoms. The van der Waals surface area contributed by atoms with Crippen LogP contribution < -0.4 is 4.74 Å². The van der Waals surface area contributed by atoms with Crippen LogP contribution in [0, 0.1) is 5.92 Å². The van der Waals surface area contributed by atoms with Crippen LogP contribution in [0.5, 0.6) is 5.75 Å². The van der Waals surface area contributed by atoms with Crippen LogP contribution in [0.2, 0.25) is 0 Å². The van der Waals surface area contributed by atoms with Gasteiger partial charge in [0.1, 0.15) is 11.9 Å². The van der Waals surface area contributed by atoms with E-state index in [4.69, 9.17) is 9.47 Å². The first-order valence-corrected chi connectivity index (χ1v) is 13.5. The molecule has 3 aromatic rings. The van der Waals surface area contributed by atoms with Crippen molar-refractivity contribution in [2.24, 2.45) is 5.92 Å². The van der Waals surface area contributed by atoms with Gasteiger partial charge < -0.3 is 9.47 Å². The fourth-order valence-electron chi connectivity index (χ4n) is 3.92. The van der Waals surface area contributed by atoms with Crippen LogP contribution in [0.4, 0.5) is 4.39 Å². The van der Waals surface area contributed by atoms with Crippen molar-refractivity contribution < 1.29 is 13.9 Å². The van der Waals surface area contributed by atoms with Gasteiger partial charge in [0.2, 0.25) is 0 Å². The lowest BCUT2D eigenvalue weighted by Gasteiger charge is -2.14. The summed E-state index contributed by atoms with van der Waals surface area (Å²) >= 11 is 0. The van der Waals surface area contributed by atoms with E-state index in [0.29, 0.717) is 19.6 Å². The third-order valence-corrected chi connectivity index (χ3v) is 6.28. The van der Waals surface area contributed by atoms with Crippen LogP contribution in [0.3, 0.4) is 0 Å². The van der Waals surface area contributed by atoms with Gasteiger partial charge in [0.05, 0.1) is 19.8 Å². The van der Waals surface area contributed by atoms with Crippen molar-refractivity contribution in [2.75, 3.05) is 19.8 Å².